The summed E-state index contributed by atoms with van der Waals surface area (Å²) < 4.78 is 0. The monoisotopic (exact) mass is 493 g/mol. The Morgan fingerprint density at radius 2 is 1.69 bits per heavy atom. The number of phenols is 1. The molecule has 5 atom stereocenters. The molecule has 2 rings (SSSR count). The van der Waals surface area contributed by atoms with Crippen LogP contribution in [-0.4, -0.2) is 81.7 Å². The number of rotatable bonds is 12. The fraction of sp³-hybridized carbons (Fsp3) is 0.500. The second-order valence-corrected chi connectivity index (χ2v) is 8.38. The fourth-order valence-electron chi connectivity index (χ4n) is 3.58. The Bertz CT molecular complexity index is 930. The fourth-order valence-corrected chi connectivity index (χ4v) is 3.58. The lowest BCUT2D eigenvalue weighted by Gasteiger charge is -2.26. The predicted molar refractivity (Wildman–Crippen MR) is 122 cm³/mol. The minimum absolute atomic E-state index is 0.0245. The normalized spacial score (nSPS) is 18.5. The molecule has 13 nitrogen and oxygen atoms in total. The Kier molecular flexibility index (Phi) is 9.97. The SMILES string of the molecule is CC(O)C(NC(=O)C1CCCN1)C(=O)NC(Cc1ccc(O)cc1)C(=O)NC(CC(N)=O)C(=O)O. The maximum atomic E-state index is 13.0. The van der Waals surface area contributed by atoms with Crippen molar-refractivity contribution in [1.29, 1.82) is 0 Å². The topological polar surface area (TPSA) is 220 Å². The highest BCUT2D eigenvalue weighted by Gasteiger charge is 2.33. The van der Waals surface area contributed by atoms with Crippen molar-refractivity contribution in [2.75, 3.05) is 6.54 Å². The van der Waals surface area contributed by atoms with Gasteiger partial charge in [-0.3, -0.25) is 19.2 Å². The molecule has 9 N–H and O–H groups in total. The van der Waals surface area contributed by atoms with Crippen LogP contribution in [0.25, 0.3) is 0 Å². The summed E-state index contributed by atoms with van der Waals surface area (Å²) in [6, 6.07) is 0.869. The summed E-state index contributed by atoms with van der Waals surface area (Å²) in [6.07, 6.45) is -0.733. The van der Waals surface area contributed by atoms with E-state index in [1.54, 1.807) is 0 Å². The molecule has 5 unspecified atom stereocenters. The molecule has 1 saturated heterocycles. The summed E-state index contributed by atoms with van der Waals surface area (Å²) in [5, 5.41) is 39.0. The Labute approximate surface area is 201 Å². The van der Waals surface area contributed by atoms with Gasteiger partial charge in [0.05, 0.1) is 18.6 Å². The van der Waals surface area contributed by atoms with Crippen molar-refractivity contribution in [3.05, 3.63) is 29.8 Å². The smallest absolute Gasteiger partial charge is 0.326 e. The number of aliphatic hydroxyl groups excluding tert-OH is 1. The molecule has 1 fully saturated rings. The number of aliphatic hydroxyl groups is 1. The number of aliphatic carboxylic acids is 1. The number of amides is 4. The van der Waals surface area contributed by atoms with E-state index >= 15 is 0 Å². The van der Waals surface area contributed by atoms with Crippen LogP contribution in [0, 0.1) is 0 Å². The van der Waals surface area contributed by atoms with E-state index in [1.807, 2.05) is 0 Å². The molecule has 0 bridgehead atoms. The van der Waals surface area contributed by atoms with Crippen LogP contribution in [-0.2, 0) is 30.4 Å². The van der Waals surface area contributed by atoms with Crippen molar-refractivity contribution in [2.45, 2.75) is 62.9 Å². The lowest BCUT2D eigenvalue weighted by atomic mass is 10.0. The standard InChI is InChI=1S/C22H31N5O8/c1-11(28)18(27-19(31)14-3-2-8-24-14)21(33)25-15(9-12-4-6-13(29)7-5-12)20(32)26-16(22(34)35)10-17(23)30/h4-7,11,14-16,18,24,28-29H,2-3,8-10H2,1H3,(H2,23,30)(H,25,33)(H,26,32)(H,27,31)(H,34,35). The minimum Gasteiger partial charge on any atom is -0.508 e. The molecule has 192 valence electrons. The molecule has 0 aliphatic carbocycles. The summed E-state index contributed by atoms with van der Waals surface area (Å²) in [7, 11) is 0. The third-order valence-electron chi connectivity index (χ3n) is 5.47. The van der Waals surface area contributed by atoms with Crippen molar-refractivity contribution < 1.29 is 39.3 Å². The molecule has 1 aromatic rings. The van der Waals surface area contributed by atoms with Crippen molar-refractivity contribution in [2.24, 2.45) is 5.73 Å². The molecule has 4 amide bonds. The number of primary amides is 1. The first kappa shape index (κ1) is 27.5. The zero-order valence-electron chi connectivity index (χ0n) is 19.2. The van der Waals surface area contributed by atoms with Crippen LogP contribution in [0.4, 0.5) is 0 Å². The van der Waals surface area contributed by atoms with Gasteiger partial charge in [0.15, 0.2) is 0 Å². The molecular formula is C22H31N5O8. The minimum atomic E-state index is -1.63. The first-order chi connectivity index (χ1) is 16.5. The second kappa shape index (κ2) is 12.7. The van der Waals surface area contributed by atoms with Crippen LogP contribution in [0.15, 0.2) is 24.3 Å². The van der Waals surface area contributed by atoms with Crippen molar-refractivity contribution in [1.82, 2.24) is 21.3 Å². The van der Waals surface area contributed by atoms with Gasteiger partial charge in [-0.05, 0) is 44.0 Å². The number of carbonyl (C=O) groups is 5. The zero-order valence-corrected chi connectivity index (χ0v) is 19.2. The van der Waals surface area contributed by atoms with E-state index in [-0.39, 0.29) is 12.2 Å². The summed E-state index contributed by atoms with van der Waals surface area (Å²) in [6.45, 7) is 1.95. The van der Waals surface area contributed by atoms with Gasteiger partial charge in [-0.1, -0.05) is 12.1 Å². The number of hydrogen-bond acceptors (Lipinski definition) is 8. The number of carbonyl (C=O) groups excluding carboxylic acids is 4. The Balaban J connectivity index is 2.21. The Morgan fingerprint density at radius 1 is 1.06 bits per heavy atom. The Hall–Kier alpha value is -3.71. The third kappa shape index (κ3) is 8.54. The van der Waals surface area contributed by atoms with Gasteiger partial charge < -0.3 is 42.3 Å². The van der Waals surface area contributed by atoms with Gasteiger partial charge in [-0.25, -0.2) is 4.79 Å². The zero-order chi connectivity index (χ0) is 26.1. The summed E-state index contributed by atoms with van der Waals surface area (Å²) in [4.78, 5) is 61.0. The maximum absolute atomic E-state index is 13.0. The van der Waals surface area contributed by atoms with Crippen molar-refractivity contribution in [3.63, 3.8) is 0 Å². The quantitative estimate of drug-likeness (QED) is 0.154. The maximum Gasteiger partial charge on any atom is 0.326 e. The molecular weight excluding hydrogens is 462 g/mol. The number of nitrogens with one attached hydrogen (secondary N) is 4. The molecule has 0 aromatic heterocycles. The molecule has 35 heavy (non-hydrogen) atoms. The first-order valence-corrected chi connectivity index (χ1v) is 11.1. The van der Waals surface area contributed by atoms with Gasteiger partial charge in [0.1, 0.15) is 23.9 Å². The molecule has 0 saturated carbocycles. The van der Waals surface area contributed by atoms with Crippen LogP contribution in [0.2, 0.25) is 0 Å². The highest BCUT2D eigenvalue weighted by molar-refractivity contribution is 5.95. The van der Waals surface area contributed by atoms with Gasteiger partial charge in [0, 0.05) is 6.42 Å². The summed E-state index contributed by atoms with van der Waals surface area (Å²) in [5.41, 5.74) is 5.56. The average Bonchev–Trinajstić information content (AvgIpc) is 3.32. The van der Waals surface area contributed by atoms with Crippen LogP contribution < -0.4 is 27.0 Å². The number of benzene rings is 1. The number of carboxylic acid groups (broad SMARTS) is 1. The van der Waals surface area contributed by atoms with Crippen molar-refractivity contribution >= 4 is 29.6 Å². The van der Waals surface area contributed by atoms with E-state index in [2.05, 4.69) is 21.3 Å². The summed E-state index contributed by atoms with van der Waals surface area (Å²) in [5.74, 6) is -4.74. The number of hydrogen-bond donors (Lipinski definition) is 8. The van der Waals surface area contributed by atoms with Gasteiger partial charge in [-0.2, -0.15) is 0 Å². The van der Waals surface area contributed by atoms with E-state index in [9.17, 15) is 39.3 Å². The molecule has 13 heteroatoms. The van der Waals surface area contributed by atoms with E-state index in [4.69, 9.17) is 5.73 Å². The van der Waals surface area contributed by atoms with E-state index in [0.717, 1.165) is 6.42 Å². The lowest BCUT2D eigenvalue weighted by molar-refractivity contribution is -0.143. The van der Waals surface area contributed by atoms with Crippen LogP contribution >= 0.6 is 0 Å². The van der Waals surface area contributed by atoms with Gasteiger partial charge in [0.25, 0.3) is 0 Å². The number of carboxylic acids is 1. The highest BCUT2D eigenvalue weighted by atomic mass is 16.4. The van der Waals surface area contributed by atoms with Gasteiger partial charge in [-0.15, -0.1) is 0 Å². The molecule has 0 radical (unpaired) electrons. The first-order valence-electron chi connectivity index (χ1n) is 11.1. The van der Waals surface area contributed by atoms with E-state index in [1.165, 1.54) is 31.2 Å². The number of aromatic hydroxyl groups is 1. The van der Waals surface area contributed by atoms with Gasteiger partial charge in [0.2, 0.25) is 23.6 Å². The molecule has 1 aromatic carbocycles. The van der Waals surface area contributed by atoms with Crippen LogP contribution in [0.5, 0.6) is 5.75 Å². The highest BCUT2D eigenvalue weighted by Crippen LogP contribution is 2.12. The van der Waals surface area contributed by atoms with Gasteiger partial charge >= 0.3 is 5.97 Å². The lowest BCUT2D eigenvalue weighted by Crippen LogP contribution is -2.60. The van der Waals surface area contributed by atoms with Crippen LogP contribution in [0.1, 0.15) is 31.7 Å². The predicted octanol–water partition coefficient (Wildman–Crippen LogP) is -2.52. The number of phenolic OH excluding ortho intramolecular Hbond substituents is 1. The molecule has 1 aliphatic rings. The largest absolute Gasteiger partial charge is 0.508 e. The Morgan fingerprint density at radius 3 is 2.20 bits per heavy atom. The van der Waals surface area contributed by atoms with Crippen molar-refractivity contribution in [3.8, 4) is 5.75 Å². The van der Waals surface area contributed by atoms with Crippen LogP contribution in [0.3, 0.4) is 0 Å². The van der Waals surface area contributed by atoms with E-state index < -0.39 is 66.3 Å². The molecule has 1 heterocycles. The third-order valence-corrected chi connectivity index (χ3v) is 5.47. The second-order valence-electron chi connectivity index (χ2n) is 8.38. The molecule has 1 aliphatic heterocycles. The molecule has 0 spiro atoms. The summed E-state index contributed by atoms with van der Waals surface area (Å²) >= 11 is 0. The average molecular weight is 494 g/mol. The number of nitrogens with two attached hydrogens (primary N) is 1. The van der Waals surface area contributed by atoms with E-state index in [0.29, 0.717) is 18.5 Å².